The summed E-state index contributed by atoms with van der Waals surface area (Å²) in [5, 5.41) is 5.55. The summed E-state index contributed by atoms with van der Waals surface area (Å²) in [6.45, 7) is 8.36. The van der Waals surface area contributed by atoms with Crippen molar-refractivity contribution in [3.8, 4) is 0 Å². The maximum atomic E-state index is 12.3. The Morgan fingerprint density at radius 3 is 2.35 bits per heavy atom. The third kappa shape index (κ3) is 4.91. The molecule has 2 aliphatic heterocycles. The first kappa shape index (κ1) is 18.2. The monoisotopic (exact) mass is 326 g/mol. The van der Waals surface area contributed by atoms with Gasteiger partial charge in [0.25, 0.3) is 0 Å². The van der Waals surface area contributed by atoms with Crippen molar-refractivity contribution in [2.75, 3.05) is 13.2 Å². The highest BCUT2D eigenvalue weighted by atomic mass is 16.5. The molecule has 3 fully saturated rings. The van der Waals surface area contributed by atoms with Crippen LogP contribution in [0.5, 0.6) is 0 Å². The van der Waals surface area contributed by atoms with E-state index in [1.54, 1.807) is 0 Å². The average molecular weight is 326 g/mol. The van der Waals surface area contributed by atoms with E-state index in [2.05, 4.69) is 10.6 Å². The summed E-state index contributed by atoms with van der Waals surface area (Å²) < 4.78 is 11.8. The van der Waals surface area contributed by atoms with Gasteiger partial charge in [-0.15, -0.1) is 0 Å². The van der Waals surface area contributed by atoms with Crippen LogP contribution in [0.4, 0.5) is 0 Å². The summed E-state index contributed by atoms with van der Waals surface area (Å²) in [5.41, 5.74) is 0.0817. The van der Waals surface area contributed by atoms with Crippen LogP contribution in [0.3, 0.4) is 0 Å². The van der Waals surface area contributed by atoms with E-state index >= 15 is 0 Å². The predicted octanol–water partition coefficient (Wildman–Crippen LogP) is 1.38. The van der Waals surface area contributed by atoms with Gasteiger partial charge in [0.2, 0.25) is 11.8 Å². The summed E-state index contributed by atoms with van der Waals surface area (Å²) in [5.74, 6) is -0.437. The third-order valence-corrected chi connectivity index (χ3v) is 4.81. The van der Waals surface area contributed by atoms with Crippen molar-refractivity contribution >= 4 is 11.8 Å². The molecule has 1 saturated carbocycles. The normalized spacial score (nSPS) is 29.2. The largest absolute Gasteiger partial charge is 0.378 e. The van der Waals surface area contributed by atoms with Crippen LogP contribution in [0.15, 0.2) is 0 Å². The highest BCUT2D eigenvalue weighted by molar-refractivity contribution is 5.87. The van der Waals surface area contributed by atoms with Gasteiger partial charge in [0.15, 0.2) is 0 Å². The molecule has 2 unspecified atom stereocenters. The molecule has 0 aromatic carbocycles. The standard InChI is InChI=1S/C17H30N2O4/c1-11(2)18-16(21)15(19-13(4)20)12(3)22-9-17-7-5-14(6-8-17)23-10-17/h11-12,14-15H,5-10H2,1-4H3,(H,18,21)(H,19,20). The predicted molar refractivity (Wildman–Crippen MR) is 86.9 cm³/mol. The number of rotatable bonds is 7. The van der Waals surface area contributed by atoms with Gasteiger partial charge in [-0.05, 0) is 46.5 Å². The number of carbonyl (C=O) groups excluding carboxylic acids is 2. The zero-order valence-electron chi connectivity index (χ0n) is 14.7. The average Bonchev–Trinajstić information content (AvgIpc) is 2.51. The van der Waals surface area contributed by atoms with E-state index in [0.29, 0.717) is 12.7 Å². The first-order chi connectivity index (χ1) is 10.8. The van der Waals surface area contributed by atoms with Gasteiger partial charge in [-0.1, -0.05) is 0 Å². The molecule has 132 valence electrons. The van der Waals surface area contributed by atoms with Gasteiger partial charge in [-0.25, -0.2) is 0 Å². The van der Waals surface area contributed by atoms with Crippen LogP contribution in [0.25, 0.3) is 0 Å². The smallest absolute Gasteiger partial charge is 0.245 e. The number of fused-ring (bicyclic) bond motifs is 3. The molecular formula is C17H30N2O4. The zero-order valence-corrected chi connectivity index (χ0v) is 14.7. The van der Waals surface area contributed by atoms with Crippen LogP contribution >= 0.6 is 0 Å². The van der Waals surface area contributed by atoms with Crippen LogP contribution < -0.4 is 10.6 Å². The Balaban J connectivity index is 1.92. The molecule has 6 nitrogen and oxygen atoms in total. The Morgan fingerprint density at radius 1 is 1.22 bits per heavy atom. The molecule has 0 radical (unpaired) electrons. The number of carbonyl (C=O) groups is 2. The number of ether oxygens (including phenoxy) is 2. The molecule has 6 heteroatoms. The molecule has 3 aliphatic rings. The van der Waals surface area contributed by atoms with E-state index in [9.17, 15) is 9.59 Å². The van der Waals surface area contributed by atoms with Gasteiger partial charge < -0.3 is 20.1 Å². The van der Waals surface area contributed by atoms with E-state index < -0.39 is 6.04 Å². The van der Waals surface area contributed by atoms with Crippen molar-refractivity contribution in [2.24, 2.45) is 5.41 Å². The molecule has 0 aromatic heterocycles. The topological polar surface area (TPSA) is 76.7 Å². The number of hydrogen-bond acceptors (Lipinski definition) is 4. The second kappa shape index (κ2) is 7.62. The molecular weight excluding hydrogens is 296 g/mol. The van der Waals surface area contributed by atoms with Crippen molar-refractivity contribution in [1.82, 2.24) is 10.6 Å². The summed E-state index contributed by atoms with van der Waals surface area (Å²) in [6.07, 6.45) is 4.48. The van der Waals surface area contributed by atoms with Crippen LogP contribution in [-0.4, -0.2) is 49.3 Å². The zero-order chi connectivity index (χ0) is 17.0. The highest BCUT2D eigenvalue weighted by Gasteiger charge is 2.42. The maximum Gasteiger partial charge on any atom is 0.245 e. The van der Waals surface area contributed by atoms with Crippen LogP contribution in [0.1, 0.15) is 53.4 Å². The second-order valence-electron chi connectivity index (χ2n) is 7.37. The summed E-state index contributed by atoms with van der Waals surface area (Å²) >= 11 is 0. The Bertz CT molecular complexity index is 417. The molecule has 23 heavy (non-hydrogen) atoms. The molecule has 2 bridgehead atoms. The first-order valence-corrected chi connectivity index (χ1v) is 8.62. The second-order valence-corrected chi connectivity index (χ2v) is 7.37. The minimum absolute atomic E-state index is 0.0200. The minimum Gasteiger partial charge on any atom is -0.378 e. The minimum atomic E-state index is -0.674. The Hall–Kier alpha value is -1.14. The van der Waals surface area contributed by atoms with Crippen molar-refractivity contribution in [3.05, 3.63) is 0 Å². The third-order valence-electron chi connectivity index (χ3n) is 4.81. The fraction of sp³-hybridized carbons (Fsp3) is 0.882. The molecule has 2 amide bonds. The Kier molecular flexibility index (Phi) is 6.03. The molecule has 1 aliphatic carbocycles. The lowest BCUT2D eigenvalue weighted by atomic mass is 9.72. The fourth-order valence-electron chi connectivity index (χ4n) is 3.39. The van der Waals surface area contributed by atoms with Gasteiger partial charge in [0, 0.05) is 18.4 Å². The highest BCUT2D eigenvalue weighted by Crippen LogP contribution is 2.43. The lowest BCUT2D eigenvalue weighted by Crippen LogP contribution is -2.55. The van der Waals surface area contributed by atoms with Gasteiger partial charge >= 0.3 is 0 Å². The molecule has 3 rings (SSSR count). The number of nitrogens with one attached hydrogen (secondary N) is 2. The van der Waals surface area contributed by atoms with E-state index in [-0.39, 0.29) is 29.4 Å². The van der Waals surface area contributed by atoms with Crippen molar-refractivity contribution in [3.63, 3.8) is 0 Å². The van der Waals surface area contributed by atoms with Gasteiger partial charge in [-0.2, -0.15) is 0 Å². The number of amides is 2. The van der Waals surface area contributed by atoms with E-state index in [0.717, 1.165) is 32.3 Å². The lowest BCUT2D eigenvalue weighted by molar-refractivity contribution is -0.154. The van der Waals surface area contributed by atoms with E-state index in [1.165, 1.54) is 6.92 Å². The Labute approximate surface area is 138 Å². The quantitative estimate of drug-likeness (QED) is 0.741. The summed E-state index contributed by atoms with van der Waals surface area (Å²) in [6, 6.07) is -0.654. The van der Waals surface area contributed by atoms with Crippen molar-refractivity contribution in [1.29, 1.82) is 0 Å². The van der Waals surface area contributed by atoms with Crippen LogP contribution in [0, 0.1) is 5.41 Å². The lowest BCUT2D eigenvalue weighted by Gasteiger charge is -2.46. The van der Waals surface area contributed by atoms with E-state index in [1.807, 2.05) is 20.8 Å². The van der Waals surface area contributed by atoms with Gasteiger partial charge in [0.1, 0.15) is 6.04 Å². The molecule has 0 aromatic rings. The van der Waals surface area contributed by atoms with Gasteiger partial charge in [-0.3, -0.25) is 9.59 Å². The first-order valence-electron chi connectivity index (χ1n) is 8.62. The summed E-state index contributed by atoms with van der Waals surface area (Å²) in [4.78, 5) is 23.7. The fourth-order valence-corrected chi connectivity index (χ4v) is 3.39. The van der Waals surface area contributed by atoms with Gasteiger partial charge in [0.05, 0.1) is 25.4 Å². The van der Waals surface area contributed by atoms with Crippen molar-refractivity contribution in [2.45, 2.75) is 77.7 Å². The van der Waals surface area contributed by atoms with Crippen molar-refractivity contribution < 1.29 is 19.1 Å². The molecule has 2 saturated heterocycles. The maximum absolute atomic E-state index is 12.3. The number of hydrogen-bond donors (Lipinski definition) is 2. The summed E-state index contributed by atoms with van der Waals surface area (Å²) in [7, 11) is 0. The van der Waals surface area contributed by atoms with E-state index in [4.69, 9.17) is 9.47 Å². The molecule has 0 spiro atoms. The van der Waals surface area contributed by atoms with Crippen LogP contribution in [0.2, 0.25) is 0 Å². The molecule has 2 N–H and O–H groups in total. The molecule has 2 heterocycles. The molecule has 2 atom stereocenters. The van der Waals surface area contributed by atoms with Crippen LogP contribution in [-0.2, 0) is 19.1 Å². The Morgan fingerprint density at radius 2 is 1.87 bits per heavy atom. The SMILES string of the molecule is CC(=O)NC(C(=O)NC(C)C)C(C)OCC12CCC(CC1)OC2.